The van der Waals surface area contributed by atoms with Crippen molar-refractivity contribution in [2.24, 2.45) is 17.8 Å². The second-order valence-corrected chi connectivity index (χ2v) is 11.5. The molecule has 3 aliphatic rings. The first-order valence-electron chi connectivity index (χ1n) is 12.0. The Kier molecular flexibility index (Phi) is 6.07. The van der Waals surface area contributed by atoms with Crippen molar-refractivity contribution in [2.75, 3.05) is 11.9 Å². The van der Waals surface area contributed by atoms with Crippen LogP contribution in [0, 0.1) is 17.8 Å². The maximum atomic E-state index is 13.0. The summed E-state index contributed by atoms with van der Waals surface area (Å²) in [5.41, 5.74) is 4.03. The number of rotatable bonds is 6. The van der Waals surface area contributed by atoms with Gasteiger partial charge >= 0.3 is 0 Å². The molecule has 0 aromatic heterocycles. The predicted octanol–water partition coefficient (Wildman–Crippen LogP) is 5.15. The van der Waals surface area contributed by atoms with E-state index in [1.165, 1.54) is 48.9 Å². The average molecular weight is 439 g/mol. The van der Waals surface area contributed by atoms with Crippen LogP contribution in [0.5, 0.6) is 0 Å². The third-order valence-electron chi connectivity index (χ3n) is 7.76. The summed E-state index contributed by atoms with van der Waals surface area (Å²) in [5, 5.41) is 3.69. The zero-order valence-corrected chi connectivity index (χ0v) is 19.0. The second-order valence-electron chi connectivity index (χ2n) is 9.83. The van der Waals surface area contributed by atoms with Crippen molar-refractivity contribution in [3.8, 4) is 0 Å². The van der Waals surface area contributed by atoms with Crippen LogP contribution >= 0.6 is 0 Å². The molecule has 0 saturated heterocycles. The minimum absolute atomic E-state index is 0.0243. The van der Waals surface area contributed by atoms with Gasteiger partial charge in [-0.3, -0.25) is 0 Å². The van der Waals surface area contributed by atoms with E-state index in [2.05, 4.69) is 28.2 Å². The maximum absolute atomic E-state index is 13.0. The SMILES string of the molecule is O=S(=O)(NC1C2CCC1Cc1cc(NCC3CCCCC3)ccc1C2)c1ccccc1. The van der Waals surface area contributed by atoms with Gasteiger partial charge in [-0.15, -0.1) is 0 Å². The number of nitrogens with one attached hydrogen (secondary N) is 2. The number of fused-ring (bicyclic) bond motifs is 3. The molecular formula is C26H34N2O2S. The molecule has 166 valence electrons. The van der Waals surface area contributed by atoms with E-state index in [0.717, 1.165) is 38.1 Å². The highest BCUT2D eigenvalue weighted by molar-refractivity contribution is 7.89. The van der Waals surface area contributed by atoms with Gasteiger partial charge in [0.15, 0.2) is 0 Å². The lowest BCUT2D eigenvalue weighted by molar-refractivity contribution is 0.373. The van der Waals surface area contributed by atoms with Crippen LogP contribution < -0.4 is 10.0 Å². The van der Waals surface area contributed by atoms with Crippen LogP contribution in [0.3, 0.4) is 0 Å². The molecule has 0 aliphatic heterocycles. The van der Waals surface area contributed by atoms with Crippen molar-refractivity contribution in [1.29, 1.82) is 0 Å². The summed E-state index contributed by atoms with van der Waals surface area (Å²) < 4.78 is 29.0. The molecule has 0 radical (unpaired) electrons. The van der Waals surface area contributed by atoms with Gasteiger partial charge in [-0.05, 0) is 91.7 Å². The summed E-state index contributed by atoms with van der Waals surface area (Å²) in [4.78, 5) is 0.366. The molecule has 5 rings (SSSR count). The third-order valence-corrected chi connectivity index (χ3v) is 9.23. The van der Waals surface area contributed by atoms with E-state index in [1.54, 1.807) is 24.3 Å². The fraction of sp³-hybridized carbons (Fsp3) is 0.538. The molecule has 31 heavy (non-hydrogen) atoms. The maximum Gasteiger partial charge on any atom is 0.240 e. The van der Waals surface area contributed by atoms with Gasteiger partial charge < -0.3 is 5.32 Å². The Balaban J connectivity index is 1.29. The van der Waals surface area contributed by atoms with E-state index in [1.807, 2.05) is 6.07 Å². The Morgan fingerprint density at radius 1 is 0.806 bits per heavy atom. The lowest BCUT2D eigenvalue weighted by Crippen LogP contribution is -2.41. The zero-order chi connectivity index (χ0) is 21.3. The van der Waals surface area contributed by atoms with Crippen LogP contribution in [0.2, 0.25) is 0 Å². The first-order chi connectivity index (χ1) is 15.1. The highest BCUT2D eigenvalue weighted by atomic mass is 32.2. The minimum atomic E-state index is -3.48. The van der Waals surface area contributed by atoms with Crippen LogP contribution in [-0.4, -0.2) is 21.0 Å². The van der Waals surface area contributed by atoms with E-state index in [9.17, 15) is 8.42 Å². The average Bonchev–Trinajstić information content (AvgIpc) is 3.07. The molecule has 4 nitrogen and oxygen atoms in total. The smallest absolute Gasteiger partial charge is 0.240 e. The Bertz CT molecular complexity index is 999. The Hall–Kier alpha value is -1.85. The van der Waals surface area contributed by atoms with Crippen LogP contribution in [0.15, 0.2) is 53.4 Å². The lowest BCUT2D eigenvalue weighted by atomic mass is 9.89. The molecule has 2 fully saturated rings. The van der Waals surface area contributed by atoms with E-state index in [0.29, 0.717) is 16.7 Å². The van der Waals surface area contributed by atoms with Crippen LogP contribution in [0.25, 0.3) is 0 Å². The van der Waals surface area contributed by atoms with Crippen molar-refractivity contribution in [3.05, 3.63) is 59.7 Å². The standard InChI is InChI=1S/C26H34N2O2S/c29-31(30,25-9-5-2-6-10-25)28-26-21-11-12-22(26)16-23-17-24(14-13-20(23)15-21)27-18-19-7-3-1-4-8-19/h2,5-6,9-10,13-14,17,19,21-22,26-28H,1,3-4,7-8,11-12,15-16,18H2. The molecular weight excluding hydrogens is 404 g/mol. The summed E-state index contributed by atoms with van der Waals surface area (Å²) in [6.07, 6.45) is 11.0. The number of anilines is 1. The molecule has 3 unspecified atom stereocenters. The normalized spacial score (nSPS) is 26.3. The number of hydrogen-bond acceptors (Lipinski definition) is 3. The molecule has 3 aliphatic carbocycles. The largest absolute Gasteiger partial charge is 0.385 e. The number of hydrogen-bond donors (Lipinski definition) is 2. The molecule has 2 saturated carbocycles. The first-order valence-corrected chi connectivity index (χ1v) is 13.5. The summed E-state index contributed by atoms with van der Waals surface area (Å²) in [7, 11) is -3.48. The molecule has 2 N–H and O–H groups in total. The van der Waals surface area contributed by atoms with Gasteiger partial charge in [-0.25, -0.2) is 13.1 Å². The molecule has 2 aromatic carbocycles. The van der Waals surface area contributed by atoms with Gasteiger partial charge in [0.25, 0.3) is 0 Å². The van der Waals surface area contributed by atoms with E-state index < -0.39 is 10.0 Å². The van der Waals surface area contributed by atoms with Crippen LogP contribution in [0.4, 0.5) is 5.69 Å². The number of benzene rings is 2. The summed E-state index contributed by atoms with van der Waals surface area (Å²) >= 11 is 0. The second kappa shape index (κ2) is 8.95. The third kappa shape index (κ3) is 4.68. The van der Waals surface area contributed by atoms with Gasteiger partial charge in [-0.1, -0.05) is 43.5 Å². The Morgan fingerprint density at radius 3 is 2.26 bits per heavy atom. The van der Waals surface area contributed by atoms with E-state index >= 15 is 0 Å². The minimum Gasteiger partial charge on any atom is -0.385 e. The van der Waals surface area contributed by atoms with Gasteiger partial charge in [0.2, 0.25) is 10.0 Å². The molecule has 3 atom stereocenters. The highest BCUT2D eigenvalue weighted by Gasteiger charge is 2.41. The van der Waals surface area contributed by atoms with Gasteiger partial charge in [0.05, 0.1) is 4.90 Å². The van der Waals surface area contributed by atoms with Crippen molar-refractivity contribution in [1.82, 2.24) is 4.72 Å². The summed E-state index contributed by atoms with van der Waals surface area (Å²) in [5.74, 6) is 1.56. The predicted molar refractivity (Wildman–Crippen MR) is 126 cm³/mol. The Labute approximate surface area is 186 Å². The molecule has 0 amide bonds. The lowest BCUT2D eigenvalue weighted by Gasteiger charge is -2.23. The Morgan fingerprint density at radius 2 is 1.52 bits per heavy atom. The molecule has 5 heteroatoms. The van der Waals surface area contributed by atoms with Crippen molar-refractivity contribution < 1.29 is 8.42 Å². The monoisotopic (exact) mass is 438 g/mol. The zero-order valence-electron chi connectivity index (χ0n) is 18.2. The van der Waals surface area contributed by atoms with E-state index in [4.69, 9.17) is 0 Å². The van der Waals surface area contributed by atoms with Crippen LogP contribution in [-0.2, 0) is 22.9 Å². The molecule has 2 aromatic rings. The quantitative estimate of drug-likeness (QED) is 0.656. The van der Waals surface area contributed by atoms with Gasteiger partial charge in [-0.2, -0.15) is 0 Å². The molecule has 0 spiro atoms. The first kappa shape index (κ1) is 21.0. The molecule has 0 heterocycles. The van der Waals surface area contributed by atoms with Crippen LogP contribution in [0.1, 0.15) is 56.1 Å². The fourth-order valence-corrected chi connectivity index (χ4v) is 7.41. The topological polar surface area (TPSA) is 58.2 Å². The summed E-state index contributed by atoms with van der Waals surface area (Å²) in [6, 6.07) is 15.6. The van der Waals surface area contributed by atoms with Crippen molar-refractivity contribution in [3.63, 3.8) is 0 Å². The van der Waals surface area contributed by atoms with Crippen molar-refractivity contribution >= 4 is 15.7 Å². The van der Waals surface area contributed by atoms with Gasteiger partial charge in [0, 0.05) is 18.3 Å². The summed E-state index contributed by atoms with van der Waals surface area (Å²) in [6.45, 7) is 1.07. The van der Waals surface area contributed by atoms with Crippen molar-refractivity contribution in [2.45, 2.75) is 68.7 Å². The number of sulfonamides is 1. The van der Waals surface area contributed by atoms with E-state index in [-0.39, 0.29) is 6.04 Å². The fourth-order valence-electron chi connectivity index (χ4n) is 6.01. The highest BCUT2D eigenvalue weighted by Crippen LogP contribution is 2.41. The van der Waals surface area contributed by atoms with Gasteiger partial charge in [0.1, 0.15) is 0 Å². The molecule has 2 bridgehead atoms.